The van der Waals surface area contributed by atoms with Gasteiger partial charge in [-0.25, -0.2) is 0 Å². The molecule has 92 valence electrons. The molecular weight excluding hydrogens is 257 g/mol. The van der Waals surface area contributed by atoms with Gasteiger partial charge in [0.25, 0.3) is 0 Å². The summed E-state index contributed by atoms with van der Waals surface area (Å²) in [6, 6.07) is 1.45. The summed E-state index contributed by atoms with van der Waals surface area (Å²) in [6.45, 7) is 0. The van der Waals surface area contributed by atoms with Crippen molar-refractivity contribution in [3.63, 3.8) is 0 Å². The first-order chi connectivity index (χ1) is 7.79. The number of fused-ring (bicyclic) bond motifs is 1. The summed E-state index contributed by atoms with van der Waals surface area (Å²) in [4.78, 5) is 11.1. The number of benzene rings is 1. The van der Waals surface area contributed by atoms with Crippen molar-refractivity contribution >= 4 is 28.1 Å². The van der Waals surface area contributed by atoms with E-state index < -0.39 is 28.4 Å². The molecule has 0 saturated carbocycles. The standard InChI is InChI=1S/C9H7F3N2O2S/c10-9(11,12)4-1-5(13)8-6(2-4)14-7(15)3-17(8)16/h1-2H,3,13H2,(H,14,15)/t17-/m0/s1. The van der Waals surface area contributed by atoms with E-state index in [2.05, 4.69) is 5.32 Å². The molecule has 1 heterocycles. The Morgan fingerprint density at radius 1 is 1.35 bits per heavy atom. The number of hydrogen-bond donors (Lipinski definition) is 2. The van der Waals surface area contributed by atoms with Crippen LogP contribution in [-0.4, -0.2) is 15.9 Å². The van der Waals surface area contributed by atoms with Gasteiger partial charge in [-0.1, -0.05) is 0 Å². The van der Waals surface area contributed by atoms with Crippen molar-refractivity contribution < 1.29 is 22.2 Å². The first kappa shape index (κ1) is 11.9. The molecule has 0 bridgehead atoms. The quantitative estimate of drug-likeness (QED) is 0.695. The molecule has 8 heteroatoms. The Morgan fingerprint density at radius 2 is 2.00 bits per heavy atom. The van der Waals surface area contributed by atoms with Gasteiger partial charge in [0.15, 0.2) is 0 Å². The molecule has 1 amide bonds. The van der Waals surface area contributed by atoms with E-state index in [0.717, 1.165) is 6.07 Å². The number of nitrogens with two attached hydrogens (primary N) is 1. The minimum atomic E-state index is -4.56. The van der Waals surface area contributed by atoms with Gasteiger partial charge in [0, 0.05) is 0 Å². The molecule has 1 aromatic rings. The maximum atomic E-state index is 12.5. The monoisotopic (exact) mass is 264 g/mol. The van der Waals surface area contributed by atoms with Gasteiger partial charge in [0.1, 0.15) is 5.75 Å². The van der Waals surface area contributed by atoms with Crippen molar-refractivity contribution in [2.75, 3.05) is 16.8 Å². The summed E-state index contributed by atoms with van der Waals surface area (Å²) < 4.78 is 49.0. The van der Waals surface area contributed by atoms with Crippen LogP contribution in [0.25, 0.3) is 0 Å². The Hall–Kier alpha value is -1.57. The van der Waals surface area contributed by atoms with Gasteiger partial charge in [0.05, 0.1) is 32.6 Å². The summed E-state index contributed by atoms with van der Waals surface area (Å²) in [5.41, 5.74) is 4.09. The van der Waals surface area contributed by atoms with E-state index in [-0.39, 0.29) is 22.0 Å². The molecule has 0 aromatic heterocycles. The molecular formula is C9H7F3N2O2S. The van der Waals surface area contributed by atoms with Crippen LogP contribution in [0.4, 0.5) is 24.5 Å². The van der Waals surface area contributed by atoms with Crippen molar-refractivity contribution in [2.45, 2.75) is 11.1 Å². The molecule has 1 aromatic carbocycles. The molecule has 0 aliphatic carbocycles. The van der Waals surface area contributed by atoms with Gasteiger partial charge >= 0.3 is 6.18 Å². The second-order valence-corrected chi connectivity index (χ2v) is 4.87. The molecule has 1 aliphatic rings. The summed E-state index contributed by atoms with van der Waals surface area (Å²) >= 11 is 0. The lowest BCUT2D eigenvalue weighted by Crippen LogP contribution is -2.27. The smallest absolute Gasteiger partial charge is 0.398 e. The largest absolute Gasteiger partial charge is 0.416 e. The fourth-order valence-corrected chi connectivity index (χ4v) is 2.67. The zero-order valence-corrected chi connectivity index (χ0v) is 9.11. The number of anilines is 2. The highest BCUT2D eigenvalue weighted by Gasteiger charge is 2.34. The molecule has 0 spiro atoms. The number of carbonyl (C=O) groups is 1. The number of nitrogens with one attached hydrogen (secondary N) is 1. The topological polar surface area (TPSA) is 72.2 Å². The van der Waals surface area contributed by atoms with Crippen molar-refractivity contribution in [1.82, 2.24) is 0 Å². The van der Waals surface area contributed by atoms with Gasteiger partial charge in [0.2, 0.25) is 5.91 Å². The first-order valence-electron chi connectivity index (χ1n) is 4.48. The molecule has 3 N–H and O–H groups in total. The maximum absolute atomic E-state index is 12.5. The number of nitrogen functional groups attached to an aromatic ring is 1. The molecule has 2 rings (SSSR count). The van der Waals surface area contributed by atoms with Gasteiger partial charge in [-0.05, 0) is 12.1 Å². The zero-order valence-electron chi connectivity index (χ0n) is 8.30. The second-order valence-electron chi connectivity index (χ2n) is 3.48. The number of halogens is 3. The first-order valence-corrected chi connectivity index (χ1v) is 5.80. The highest BCUT2D eigenvalue weighted by Crippen LogP contribution is 2.37. The lowest BCUT2D eigenvalue weighted by Gasteiger charge is -2.20. The summed E-state index contributed by atoms with van der Waals surface area (Å²) in [5, 5.41) is 2.23. The lowest BCUT2D eigenvalue weighted by molar-refractivity contribution is -0.137. The molecule has 0 radical (unpaired) electrons. The highest BCUT2D eigenvalue weighted by atomic mass is 32.2. The lowest BCUT2D eigenvalue weighted by atomic mass is 10.1. The fourth-order valence-electron chi connectivity index (χ4n) is 1.54. The third kappa shape index (κ3) is 2.12. The van der Waals surface area contributed by atoms with E-state index in [1.807, 2.05) is 0 Å². The zero-order chi connectivity index (χ0) is 12.8. The molecule has 0 fully saturated rings. The van der Waals surface area contributed by atoms with E-state index in [1.165, 1.54) is 0 Å². The minimum Gasteiger partial charge on any atom is -0.398 e. The Morgan fingerprint density at radius 3 is 2.59 bits per heavy atom. The number of hydrogen-bond acceptors (Lipinski definition) is 3. The third-order valence-electron chi connectivity index (χ3n) is 2.21. The fraction of sp³-hybridized carbons (Fsp3) is 0.222. The van der Waals surface area contributed by atoms with Gasteiger partial charge in [-0.15, -0.1) is 0 Å². The average molecular weight is 264 g/mol. The van der Waals surface area contributed by atoms with E-state index in [9.17, 15) is 22.2 Å². The van der Waals surface area contributed by atoms with Crippen LogP contribution >= 0.6 is 0 Å². The SMILES string of the molecule is Nc1cc(C(F)(F)F)cc2c1[S@@](=O)CC(=O)N2. The van der Waals surface area contributed by atoms with Crippen LogP contribution in [0.5, 0.6) is 0 Å². The Kier molecular flexibility index (Phi) is 2.61. The van der Waals surface area contributed by atoms with Gasteiger partial charge in [-0.3, -0.25) is 9.00 Å². The van der Waals surface area contributed by atoms with E-state index >= 15 is 0 Å². The van der Waals surface area contributed by atoms with Crippen molar-refractivity contribution in [2.24, 2.45) is 0 Å². The van der Waals surface area contributed by atoms with Crippen LogP contribution in [0.1, 0.15) is 5.56 Å². The molecule has 1 atom stereocenters. The van der Waals surface area contributed by atoms with Crippen molar-refractivity contribution in [3.8, 4) is 0 Å². The van der Waals surface area contributed by atoms with Crippen LogP contribution in [0.15, 0.2) is 17.0 Å². The third-order valence-corrected chi connectivity index (χ3v) is 3.64. The van der Waals surface area contributed by atoms with Crippen LogP contribution < -0.4 is 11.1 Å². The predicted molar refractivity (Wildman–Crippen MR) is 55.8 cm³/mol. The van der Waals surface area contributed by atoms with Crippen LogP contribution in [-0.2, 0) is 21.8 Å². The molecule has 0 saturated heterocycles. The number of amides is 1. The van der Waals surface area contributed by atoms with Gasteiger partial charge < -0.3 is 11.1 Å². The van der Waals surface area contributed by atoms with Crippen molar-refractivity contribution in [3.05, 3.63) is 17.7 Å². The van der Waals surface area contributed by atoms with Crippen LogP contribution in [0.3, 0.4) is 0 Å². The van der Waals surface area contributed by atoms with Crippen LogP contribution in [0.2, 0.25) is 0 Å². The molecule has 1 aliphatic heterocycles. The minimum absolute atomic E-state index is 0.0533. The number of carbonyl (C=O) groups excluding carboxylic acids is 1. The number of alkyl halides is 3. The summed E-state index contributed by atoms with van der Waals surface area (Å²) in [6.07, 6.45) is -4.56. The Balaban J connectivity index is 2.61. The Bertz CT molecular complexity index is 528. The highest BCUT2D eigenvalue weighted by molar-refractivity contribution is 7.86. The van der Waals surface area contributed by atoms with E-state index in [0.29, 0.717) is 6.07 Å². The average Bonchev–Trinajstić information content (AvgIpc) is 2.13. The molecule has 17 heavy (non-hydrogen) atoms. The molecule has 0 unspecified atom stereocenters. The predicted octanol–water partition coefficient (Wildman–Crippen LogP) is 1.35. The van der Waals surface area contributed by atoms with Crippen molar-refractivity contribution in [1.29, 1.82) is 0 Å². The summed E-state index contributed by atoms with van der Waals surface area (Å²) in [7, 11) is -1.70. The van der Waals surface area contributed by atoms with Gasteiger partial charge in [-0.2, -0.15) is 13.2 Å². The maximum Gasteiger partial charge on any atom is 0.416 e. The number of rotatable bonds is 0. The van der Waals surface area contributed by atoms with E-state index in [1.54, 1.807) is 0 Å². The van der Waals surface area contributed by atoms with E-state index in [4.69, 9.17) is 5.73 Å². The van der Waals surface area contributed by atoms with Crippen LogP contribution in [0, 0.1) is 0 Å². The normalized spacial score (nSPS) is 19.7. The Labute approximate surface area is 96.4 Å². The molecule has 4 nitrogen and oxygen atoms in total. The summed E-state index contributed by atoms with van der Waals surface area (Å²) in [5.74, 6) is -0.877. The second kappa shape index (κ2) is 3.73.